The molecule has 0 unspecified atom stereocenters. The van der Waals surface area contributed by atoms with Gasteiger partial charge in [0.05, 0.1) is 0 Å². The Balaban J connectivity index is 1.49. The van der Waals surface area contributed by atoms with E-state index >= 15 is 0 Å². The van der Waals surface area contributed by atoms with E-state index in [-0.39, 0.29) is 18.8 Å². The van der Waals surface area contributed by atoms with Crippen molar-refractivity contribution in [3.8, 4) is 5.75 Å². The van der Waals surface area contributed by atoms with Gasteiger partial charge in [0.15, 0.2) is 0 Å². The van der Waals surface area contributed by atoms with Crippen molar-refractivity contribution in [2.45, 2.75) is 19.1 Å². The van der Waals surface area contributed by atoms with E-state index in [0.29, 0.717) is 5.69 Å². The van der Waals surface area contributed by atoms with Gasteiger partial charge in [-0.1, -0.05) is 48.5 Å². The summed E-state index contributed by atoms with van der Waals surface area (Å²) in [5.74, 6) is -0.293. The first-order chi connectivity index (χ1) is 15.6. The first-order valence-electron chi connectivity index (χ1n) is 10.2. The van der Waals surface area contributed by atoms with Crippen LogP contribution in [0, 0.1) is 0 Å². The second kappa shape index (κ2) is 9.70. The van der Waals surface area contributed by atoms with Crippen molar-refractivity contribution in [3.63, 3.8) is 0 Å². The number of carbonyl (C=O) groups is 2. The molecule has 3 aromatic carbocycles. The summed E-state index contributed by atoms with van der Waals surface area (Å²) in [7, 11) is 0. The second-order valence-electron chi connectivity index (χ2n) is 7.36. The number of aromatic nitrogens is 1. The number of alkyl carbamates (subject to hydrolysis) is 1. The first-order valence-corrected chi connectivity index (χ1v) is 10.2. The van der Waals surface area contributed by atoms with E-state index in [0.717, 1.165) is 22.0 Å². The molecular formula is C25H23N3O4. The number of benzene rings is 3. The minimum atomic E-state index is -0.869. The molecule has 0 saturated heterocycles. The van der Waals surface area contributed by atoms with Gasteiger partial charge in [-0.05, 0) is 41.5 Å². The highest BCUT2D eigenvalue weighted by molar-refractivity contribution is 5.97. The molecule has 0 fully saturated rings. The number of carbonyl (C=O) groups excluding carboxylic acids is 2. The number of hydrogen-bond donors (Lipinski definition) is 4. The van der Waals surface area contributed by atoms with Crippen molar-refractivity contribution < 1.29 is 19.4 Å². The molecule has 162 valence electrons. The number of anilines is 1. The molecule has 0 aliphatic heterocycles. The SMILES string of the molecule is O=C(N[C@@H](Cc1c[nH]c2ccccc12)C(=O)Nc1ccc(O)cc1)OCc1ccccc1. The van der Waals surface area contributed by atoms with Crippen molar-refractivity contribution in [1.82, 2.24) is 10.3 Å². The normalized spacial score (nSPS) is 11.6. The largest absolute Gasteiger partial charge is 0.508 e. The summed E-state index contributed by atoms with van der Waals surface area (Å²) >= 11 is 0. The fourth-order valence-electron chi connectivity index (χ4n) is 3.41. The Morgan fingerprint density at radius 3 is 2.44 bits per heavy atom. The highest BCUT2D eigenvalue weighted by Gasteiger charge is 2.23. The average Bonchev–Trinajstić information content (AvgIpc) is 3.22. The summed E-state index contributed by atoms with van der Waals surface area (Å²) in [6, 6.07) is 22.3. The predicted octanol–water partition coefficient (Wildman–Crippen LogP) is 4.35. The Kier molecular flexibility index (Phi) is 6.36. The number of ether oxygens (including phenoxy) is 1. The zero-order chi connectivity index (χ0) is 22.3. The summed E-state index contributed by atoms with van der Waals surface area (Å²) in [5.41, 5.74) is 3.21. The van der Waals surface area contributed by atoms with Crippen molar-refractivity contribution >= 4 is 28.6 Å². The summed E-state index contributed by atoms with van der Waals surface area (Å²) < 4.78 is 5.31. The maximum absolute atomic E-state index is 13.0. The predicted molar refractivity (Wildman–Crippen MR) is 122 cm³/mol. The van der Waals surface area contributed by atoms with Crippen LogP contribution >= 0.6 is 0 Å². The molecule has 0 radical (unpaired) electrons. The molecule has 0 aliphatic carbocycles. The molecule has 0 bridgehead atoms. The highest BCUT2D eigenvalue weighted by atomic mass is 16.5. The van der Waals surface area contributed by atoms with Crippen LogP contribution < -0.4 is 10.6 Å². The molecule has 7 heteroatoms. The van der Waals surface area contributed by atoms with Crippen molar-refractivity contribution in [1.29, 1.82) is 0 Å². The van der Waals surface area contributed by atoms with Crippen LogP contribution in [0.1, 0.15) is 11.1 Å². The van der Waals surface area contributed by atoms with Gasteiger partial charge in [-0.3, -0.25) is 4.79 Å². The number of rotatable bonds is 7. The van der Waals surface area contributed by atoms with E-state index in [1.165, 1.54) is 12.1 Å². The summed E-state index contributed by atoms with van der Waals surface area (Å²) in [6.45, 7) is 0.103. The number of nitrogens with one attached hydrogen (secondary N) is 3. The van der Waals surface area contributed by atoms with Crippen LogP contribution in [0.4, 0.5) is 10.5 Å². The van der Waals surface area contributed by atoms with E-state index in [1.807, 2.05) is 60.8 Å². The van der Waals surface area contributed by atoms with Crippen LogP contribution in [0.5, 0.6) is 5.75 Å². The Bertz CT molecular complexity index is 1200. The maximum atomic E-state index is 13.0. The van der Waals surface area contributed by atoms with E-state index in [2.05, 4.69) is 15.6 Å². The van der Waals surface area contributed by atoms with Crippen molar-refractivity contribution in [2.75, 3.05) is 5.32 Å². The van der Waals surface area contributed by atoms with Crippen LogP contribution in [0.25, 0.3) is 10.9 Å². The molecule has 1 heterocycles. The van der Waals surface area contributed by atoms with E-state index in [9.17, 15) is 14.7 Å². The molecule has 2 amide bonds. The fraction of sp³-hybridized carbons (Fsp3) is 0.120. The molecule has 1 atom stereocenters. The molecule has 4 N–H and O–H groups in total. The summed E-state index contributed by atoms with van der Waals surface area (Å²) in [6.07, 6.45) is 1.43. The number of hydrogen-bond acceptors (Lipinski definition) is 4. The van der Waals surface area contributed by atoms with E-state index in [1.54, 1.807) is 12.1 Å². The van der Waals surface area contributed by atoms with Gasteiger partial charge in [0.25, 0.3) is 0 Å². The minimum Gasteiger partial charge on any atom is -0.508 e. The van der Waals surface area contributed by atoms with Crippen LogP contribution in [0.2, 0.25) is 0 Å². The maximum Gasteiger partial charge on any atom is 0.408 e. The lowest BCUT2D eigenvalue weighted by molar-refractivity contribution is -0.118. The monoisotopic (exact) mass is 429 g/mol. The highest BCUT2D eigenvalue weighted by Crippen LogP contribution is 2.20. The second-order valence-corrected chi connectivity index (χ2v) is 7.36. The number of phenolic OH excluding ortho intramolecular Hbond substituents is 1. The molecule has 0 saturated carbocycles. The Labute approximate surface area is 185 Å². The Morgan fingerprint density at radius 1 is 0.938 bits per heavy atom. The number of fused-ring (bicyclic) bond motifs is 1. The van der Waals surface area contributed by atoms with Gasteiger partial charge in [-0.25, -0.2) is 4.79 Å². The third-order valence-corrected chi connectivity index (χ3v) is 5.06. The number of aromatic hydroxyl groups is 1. The molecule has 0 spiro atoms. The van der Waals surface area contributed by atoms with Gasteiger partial charge in [-0.15, -0.1) is 0 Å². The Morgan fingerprint density at radius 2 is 1.66 bits per heavy atom. The van der Waals surface area contributed by atoms with Gasteiger partial charge in [-0.2, -0.15) is 0 Å². The topological polar surface area (TPSA) is 103 Å². The molecule has 1 aromatic heterocycles. The summed E-state index contributed by atoms with van der Waals surface area (Å²) in [4.78, 5) is 28.7. The fourth-order valence-corrected chi connectivity index (χ4v) is 3.41. The lowest BCUT2D eigenvalue weighted by Gasteiger charge is -2.18. The van der Waals surface area contributed by atoms with Crippen molar-refractivity contribution in [2.24, 2.45) is 0 Å². The Hall–Kier alpha value is -4.26. The molecule has 4 rings (SSSR count). The molecule has 4 aromatic rings. The van der Waals surface area contributed by atoms with E-state index < -0.39 is 18.0 Å². The summed E-state index contributed by atoms with van der Waals surface area (Å²) in [5, 5.41) is 15.9. The van der Waals surface area contributed by atoms with E-state index in [4.69, 9.17) is 4.74 Å². The molecule has 32 heavy (non-hydrogen) atoms. The zero-order valence-corrected chi connectivity index (χ0v) is 17.2. The minimum absolute atomic E-state index is 0.0981. The van der Waals surface area contributed by atoms with Gasteiger partial charge >= 0.3 is 6.09 Å². The van der Waals surface area contributed by atoms with Crippen LogP contribution in [-0.2, 0) is 22.6 Å². The van der Waals surface area contributed by atoms with Crippen molar-refractivity contribution in [3.05, 3.63) is 96.2 Å². The smallest absolute Gasteiger partial charge is 0.408 e. The van der Waals surface area contributed by atoms with Gasteiger partial charge in [0.2, 0.25) is 5.91 Å². The first kappa shape index (κ1) is 21.0. The number of para-hydroxylation sites is 1. The number of phenols is 1. The third kappa shape index (κ3) is 5.26. The zero-order valence-electron chi connectivity index (χ0n) is 17.2. The quantitative estimate of drug-likeness (QED) is 0.328. The van der Waals surface area contributed by atoms with Crippen LogP contribution in [0.15, 0.2) is 85.1 Å². The van der Waals surface area contributed by atoms with Gasteiger partial charge in [0, 0.05) is 29.2 Å². The molecule has 0 aliphatic rings. The third-order valence-electron chi connectivity index (χ3n) is 5.06. The van der Waals surface area contributed by atoms with Crippen LogP contribution in [-0.4, -0.2) is 28.1 Å². The average molecular weight is 429 g/mol. The standard InChI is InChI=1S/C25H23N3O4/c29-20-12-10-19(11-13-20)27-24(30)23(14-18-15-26-22-9-5-4-8-21(18)22)28-25(31)32-16-17-6-2-1-3-7-17/h1-13,15,23,26,29H,14,16H2,(H,27,30)(H,28,31)/t23-/m0/s1. The van der Waals surface area contributed by atoms with Crippen LogP contribution in [0.3, 0.4) is 0 Å². The number of amides is 2. The number of H-pyrrole nitrogens is 1. The lowest BCUT2D eigenvalue weighted by atomic mass is 10.0. The van der Waals surface area contributed by atoms with Gasteiger partial charge in [0.1, 0.15) is 18.4 Å². The lowest BCUT2D eigenvalue weighted by Crippen LogP contribution is -2.45. The molecular weight excluding hydrogens is 406 g/mol. The van der Waals surface area contributed by atoms with Gasteiger partial charge < -0.3 is 25.5 Å². The number of aromatic amines is 1. The molecule has 7 nitrogen and oxygen atoms in total.